The van der Waals surface area contributed by atoms with Crippen LogP contribution in [0.3, 0.4) is 0 Å². The SMILES string of the molecule is CCOc1ccc(C(=O)CCC(=O)NC(C(=O)NC)c2ccc(F)c(F)c2)cc1OCC. The normalized spacial score (nSPS) is 11.4. The van der Waals surface area contributed by atoms with E-state index < -0.39 is 29.5 Å². The number of carbonyl (C=O) groups is 3. The third-order valence-electron chi connectivity index (χ3n) is 4.54. The number of ether oxygens (including phenoxy) is 2. The van der Waals surface area contributed by atoms with Gasteiger partial charge >= 0.3 is 0 Å². The molecule has 7 nitrogen and oxygen atoms in total. The first-order valence-electron chi connectivity index (χ1n) is 10.2. The van der Waals surface area contributed by atoms with Gasteiger partial charge in [-0.15, -0.1) is 0 Å². The number of amides is 2. The molecule has 1 atom stereocenters. The van der Waals surface area contributed by atoms with Gasteiger partial charge in [-0.1, -0.05) is 6.07 Å². The molecule has 0 spiro atoms. The van der Waals surface area contributed by atoms with E-state index in [9.17, 15) is 23.2 Å². The summed E-state index contributed by atoms with van der Waals surface area (Å²) in [5.74, 6) is -2.75. The Balaban J connectivity index is 2.06. The van der Waals surface area contributed by atoms with E-state index in [1.165, 1.54) is 13.1 Å². The molecule has 9 heteroatoms. The minimum absolute atomic E-state index is 0.0794. The predicted octanol–water partition coefficient (Wildman–Crippen LogP) is 3.33. The van der Waals surface area contributed by atoms with Crippen molar-refractivity contribution in [2.24, 2.45) is 0 Å². The van der Waals surface area contributed by atoms with Crippen LogP contribution in [0.25, 0.3) is 0 Å². The third kappa shape index (κ3) is 6.50. The largest absolute Gasteiger partial charge is 0.490 e. The molecule has 0 aromatic heterocycles. The van der Waals surface area contributed by atoms with Gasteiger partial charge in [0.05, 0.1) is 13.2 Å². The number of likely N-dealkylation sites (N-methyl/N-ethyl adjacent to an activating group) is 1. The molecule has 2 aromatic rings. The zero-order chi connectivity index (χ0) is 23.7. The van der Waals surface area contributed by atoms with Crippen molar-refractivity contribution in [1.82, 2.24) is 10.6 Å². The van der Waals surface area contributed by atoms with Crippen LogP contribution >= 0.6 is 0 Å². The van der Waals surface area contributed by atoms with E-state index in [1.54, 1.807) is 18.2 Å². The molecule has 0 fully saturated rings. The van der Waals surface area contributed by atoms with Gasteiger partial charge in [0.15, 0.2) is 28.9 Å². The van der Waals surface area contributed by atoms with E-state index in [2.05, 4.69) is 10.6 Å². The van der Waals surface area contributed by atoms with Crippen LogP contribution < -0.4 is 20.1 Å². The highest BCUT2D eigenvalue weighted by Crippen LogP contribution is 2.29. The summed E-state index contributed by atoms with van der Waals surface area (Å²) in [6.45, 7) is 4.48. The topological polar surface area (TPSA) is 93.7 Å². The van der Waals surface area contributed by atoms with Crippen molar-refractivity contribution in [1.29, 1.82) is 0 Å². The van der Waals surface area contributed by atoms with Crippen LogP contribution in [0, 0.1) is 11.6 Å². The minimum atomic E-state index is -1.23. The number of rotatable bonds is 11. The molecule has 2 rings (SSSR count). The number of Topliss-reactive ketones (excluding diaryl/α,β-unsaturated/α-hetero) is 1. The van der Waals surface area contributed by atoms with Crippen LogP contribution in [0.4, 0.5) is 8.78 Å². The highest BCUT2D eigenvalue weighted by Gasteiger charge is 2.23. The number of carbonyl (C=O) groups excluding carboxylic acids is 3. The van der Waals surface area contributed by atoms with E-state index in [-0.39, 0.29) is 24.2 Å². The van der Waals surface area contributed by atoms with Crippen molar-refractivity contribution in [2.75, 3.05) is 20.3 Å². The van der Waals surface area contributed by atoms with Crippen molar-refractivity contribution in [3.05, 3.63) is 59.2 Å². The summed E-state index contributed by atoms with van der Waals surface area (Å²) in [5.41, 5.74) is 0.434. The minimum Gasteiger partial charge on any atom is -0.490 e. The van der Waals surface area contributed by atoms with E-state index in [0.717, 1.165) is 12.1 Å². The van der Waals surface area contributed by atoms with Gasteiger partial charge in [0.2, 0.25) is 11.8 Å². The molecule has 1 unspecified atom stereocenters. The molecule has 0 saturated heterocycles. The zero-order valence-electron chi connectivity index (χ0n) is 18.2. The Hall–Kier alpha value is -3.49. The first-order valence-corrected chi connectivity index (χ1v) is 10.2. The number of benzene rings is 2. The molecule has 0 aliphatic carbocycles. The standard InChI is InChI=1S/C23H26F2N2O5/c1-4-31-19-10-7-14(13-20(19)32-5-2)18(28)9-11-21(29)27-22(23(30)26-3)15-6-8-16(24)17(25)12-15/h6-8,10,12-13,22H,4-5,9,11H2,1-3H3,(H,26,30)(H,27,29). The van der Waals surface area contributed by atoms with Gasteiger partial charge in [-0.05, 0) is 49.7 Å². The average Bonchev–Trinajstić information content (AvgIpc) is 2.78. The maximum absolute atomic E-state index is 13.6. The van der Waals surface area contributed by atoms with E-state index >= 15 is 0 Å². The lowest BCUT2D eigenvalue weighted by molar-refractivity contribution is -0.128. The summed E-state index contributed by atoms with van der Waals surface area (Å²) >= 11 is 0. The summed E-state index contributed by atoms with van der Waals surface area (Å²) in [4.78, 5) is 37.1. The maximum Gasteiger partial charge on any atom is 0.246 e. The third-order valence-corrected chi connectivity index (χ3v) is 4.54. The number of ketones is 1. The predicted molar refractivity (Wildman–Crippen MR) is 114 cm³/mol. The second-order valence-electron chi connectivity index (χ2n) is 6.74. The summed E-state index contributed by atoms with van der Waals surface area (Å²) in [6.07, 6.45) is -0.323. The lowest BCUT2D eigenvalue weighted by Crippen LogP contribution is -2.39. The highest BCUT2D eigenvalue weighted by atomic mass is 19.2. The summed E-state index contributed by atoms with van der Waals surface area (Å²) in [7, 11) is 1.35. The Kier molecular flexibility index (Phi) is 9.12. The van der Waals surface area contributed by atoms with Crippen molar-refractivity contribution < 1.29 is 32.6 Å². The van der Waals surface area contributed by atoms with E-state index in [1.807, 2.05) is 13.8 Å². The lowest BCUT2D eigenvalue weighted by atomic mass is 10.0. The number of nitrogens with one attached hydrogen (secondary N) is 2. The van der Waals surface area contributed by atoms with Crippen LogP contribution in [-0.2, 0) is 9.59 Å². The molecule has 172 valence electrons. The van der Waals surface area contributed by atoms with E-state index in [0.29, 0.717) is 30.3 Å². The smallest absolute Gasteiger partial charge is 0.246 e. The van der Waals surface area contributed by atoms with Crippen LogP contribution in [0.5, 0.6) is 11.5 Å². The zero-order valence-corrected chi connectivity index (χ0v) is 18.2. The second-order valence-corrected chi connectivity index (χ2v) is 6.74. The summed E-state index contributed by atoms with van der Waals surface area (Å²) < 4.78 is 37.7. The van der Waals surface area contributed by atoms with Crippen LogP contribution in [0.2, 0.25) is 0 Å². The van der Waals surface area contributed by atoms with E-state index in [4.69, 9.17) is 9.47 Å². The molecule has 2 aromatic carbocycles. The lowest BCUT2D eigenvalue weighted by Gasteiger charge is -2.18. The molecule has 2 amide bonds. The van der Waals surface area contributed by atoms with Crippen LogP contribution in [-0.4, -0.2) is 37.9 Å². The molecular weight excluding hydrogens is 422 g/mol. The fraction of sp³-hybridized carbons (Fsp3) is 0.348. The molecule has 0 bridgehead atoms. The maximum atomic E-state index is 13.6. The van der Waals surface area contributed by atoms with Gasteiger partial charge < -0.3 is 20.1 Å². The number of halogens is 2. The molecule has 2 N–H and O–H groups in total. The van der Waals surface area contributed by atoms with Crippen LogP contribution in [0.15, 0.2) is 36.4 Å². The molecule has 0 aliphatic rings. The van der Waals surface area contributed by atoms with Gasteiger partial charge in [0.25, 0.3) is 0 Å². The van der Waals surface area contributed by atoms with Gasteiger partial charge in [-0.3, -0.25) is 14.4 Å². The fourth-order valence-electron chi connectivity index (χ4n) is 2.97. The van der Waals surface area contributed by atoms with Crippen molar-refractivity contribution >= 4 is 17.6 Å². The summed E-state index contributed by atoms with van der Waals surface area (Å²) in [6, 6.07) is 6.47. The molecule has 0 heterocycles. The Morgan fingerprint density at radius 2 is 1.59 bits per heavy atom. The van der Waals surface area contributed by atoms with Crippen molar-refractivity contribution in [3.8, 4) is 11.5 Å². The molecule has 32 heavy (non-hydrogen) atoms. The Bertz CT molecular complexity index is 981. The summed E-state index contributed by atoms with van der Waals surface area (Å²) in [5, 5.41) is 4.82. The first-order chi connectivity index (χ1) is 15.3. The average molecular weight is 448 g/mol. The van der Waals surface area contributed by atoms with Gasteiger partial charge in [0.1, 0.15) is 6.04 Å². The quantitative estimate of drug-likeness (QED) is 0.515. The monoisotopic (exact) mass is 448 g/mol. The molecule has 0 saturated carbocycles. The van der Waals surface area contributed by atoms with Gasteiger partial charge in [-0.2, -0.15) is 0 Å². The first kappa shape index (κ1) is 24.8. The fourth-order valence-corrected chi connectivity index (χ4v) is 2.97. The highest BCUT2D eigenvalue weighted by molar-refractivity contribution is 5.99. The second kappa shape index (κ2) is 11.8. The van der Waals surface area contributed by atoms with Gasteiger partial charge in [-0.25, -0.2) is 8.78 Å². The molecular formula is C23H26F2N2O5. The van der Waals surface area contributed by atoms with Crippen molar-refractivity contribution in [3.63, 3.8) is 0 Å². The molecule has 0 aliphatic heterocycles. The Morgan fingerprint density at radius 3 is 2.22 bits per heavy atom. The number of hydrogen-bond acceptors (Lipinski definition) is 5. The Labute approximate surface area is 185 Å². The Morgan fingerprint density at radius 1 is 0.906 bits per heavy atom. The number of hydrogen-bond donors (Lipinski definition) is 2. The molecule has 0 radical (unpaired) electrons. The van der Waals surface area contributed by atoms with Gasteiger partial charge in [0, 0.05) is 25.5 Å². The van der Waals surface area contributed by atoms with Crippen molar-refractivity contribution in [2.45, 2.75) is 32.7 Å². The van der Waals surface area contributed by atoms with Crippen LogP contribution in [0.1, 0.15) is 48.7 Å².